The van der Waals surface area contributed by atoms with Crippen molar-refractivity contribution in [2.45, 2.75) is 38.0 Å². The number of carbonyl (C=O) groups is 1. The molecule has 0 atom stereocenters. The molecule has 5 nitrogen and oxygen atoms in total. The van der Waals surface area contributed by atoms with Crippen molar-refractivity contribution in [1.82, 2.24) is 0 Å². The summed E-state index contributed by atoms with van der Waals surface area (Å²) >= 11 is 0. The summed E-state index contributed by atoms with van der Waals surface area (Å²) in [6, 6.07) is 13.9. The molecule has 0 aliphatic rings. The second-order valence-electron chi connectivity index (χ2n) is 7.01. The van der Waals surface area contributed by atoms with Crippen LogP contribution in [-0.4, -0.2) is 26.7 Å². The number of amides is 1. The zero-order chi connectivity index (χ0) is 19.4. The standard InChI is InChI=1S/C20H25NO4S/c1-5-26(23,24)18-9-7-6-8-17(18)21-19(22)14-25-16-12-10-15(11-13-16)20(2,3)4/h6-13H,5,14H2,1-4H3,(H,21,22). The van der Waals surface area contributed by atoms with Gasteiger partial charge in [0.2, 0.25) is 0 Å². The van der Waals surface area contributed by atoms with E-state index in [0.29, 0.717) is 5.75 Å². The number of hydrogen-bond acceptors (Lipinski definition) is 4. The molecule has 2 rings (SSSR count). The minimum absolute atomic E-state index is 0.0312. The van der Waals surface area contributed by atoms with Gasteiger partial charge in [-0.25, -0.2) is 8.42 Å². The fraction of sp³-hybridized carbons (Fsp3) is 0.350. The molecule has 0 fully saturated rings. The molecule has 0 aliphatic heterocycles. The van der Waals surface area contributed by atoms with Crippen LogP contribution in [0.1, 0.15) is 33.3 Å². The van der Waals surface area contributed by atoms with Gasteiger partial charge in [-0.1, -0.05) is 52.0 Å². The van der Waals surface area contributed by atoms with Crippen LogP contribution in [0.3, 0.4) is 0 Å². The van der Waals surface area contributed by atoms with E-state index in [-0.39, 0.29) is 28.4 Å². The number of ether oxygens (including phenoxy) is 1. The van der Waals surface area contributed by atoms with Crippen LogP contribution in [0.25, 0.3) is 0 Å². The van der Waals surface area contributed by atoms with E-state index in [9.17, 15) is 13.2 Å². The van der Waals surface area contributed by atoms with E-state index in [1.807, 2.05) is 24.3 Å². The van der Waals surface area contributed by atoms with E-state index in [4.69, 9.17) is 4.74 Å². The lowest BCUT2D eigenvalue weighted by molar-refractivity contribution is -0.118. The number of anilines is 1. The molecule has 6 heteroatoms. The highest BCUT2D eigenvalue weighted by atomic mass is 32.2. The Balaban J connectivity index is 2.02. The second-order valence-corrected chi connectivity index (χ2v) is 9.26. The molecule has 26 heavy (non-hydrogen) atoms. The van der Waals surface area contributed by atoms with Crippen LogP contribution in [-0.2, 0) is 20.0 Å². The molecular formula is C20H25NO4S. The summed E-state index contributed by atoms with van der Waals surface area (Å²) < 4.78 is 29.7. The molecule has 1 N–H and O–H groups in total. The molecule has 0 radical (unpaired) electrons. The Bertz CT molecular complexity index is 865. The second kappa shape index (κ2) is 7.91. The number of sulfone groups is 1. The summed E-state index contributed by atoms with van der Waals surface area (Å²) in [6.45, 7) is 7.74. The van der Waals surface area contributed by atoms with Crippen molar-refractivity contribution in [2.24, 2.45) is 0 Å². The Morgan fingerprint density at radius 2 is 1.65 bits per heavy atom. The highest BCUT2D eigenvalue weighted by Crippen LogP contribution is 2.24. The lowest BCUT2D eigenvalue weighted by Crippen LogP contribution is -2.21. The third kappa shape index (κ3) is 5.08. The van der Waals surface area contributed by atoms with E-state index in [2.05, 4.69) is 26.1 Å². The van der Waals surface area contributed by atoms with Gasteiger partial charge in [0.15, 0.2) is 16.4 Å². The summed E-state index contributed by atoms with van der Waals surface area (Å²) in [7, 11) is -3.42. The van der Waals surface area contributed by atoms with Gasteiger partial charge in [-0.05, 0) is 35.2 Å². The zero-order valence-corrected chi connectivity index (χ0v) is 16.4. The number of nitrogens with one attached hydrogen (secondary N) is 1. The van der Waals surface area contributed by atoms with Crippen LogP contribution in [0, 0.1) is 0 Å². The normalized spacial score (nSPS) is 11.8. The molecule has 2 aromatic rings. The Morgan fingerprint density at radius 1 is 1.04 bits per heavy atom. The smallest absolute Gasteiger partial charge is 0.262 e. The summed E-state index contributed by atoms with van der Waals surface area (Å²) in [5.41, 5.74) is 1.49. The maximum Gasteiger partial charge on any atom is 0.262 e. The quantitative estimate of drug-likeness (QED) is 0.834. The first-order valence-corrected chi connectivity index (χ1v) is 10.1. The maximum atomic E-state index is 12.1. The summed E-state index contributed by atoms with van der Waals surface area (Å²) in [6.07, 6.45) is 0. The van der Waals surface area contributed by atoms with Crippen molar-refractivity contribution in [3.8, 4) is 5.75 Å². The number of hydrogen-bond donors (Lipinski definition) is 1. The lowest BCUT2D eigenvalue weighted by Gasteiger charge is -2.19. The first kappa shape index (κ1) is 20.0. The lowest BCUT2D eigenvalue weighted by atomic mass is 9.87. The number of rotatable bonds is 6. The predicted molar refractivity (Wildman–Crippen MR) is 103 cm³/mol. The number of para-hydroxylation sites is 1. The molecule has 1 amide bonds. The van der Waals surface area contributed by atoms with E-state index >= 15 is 0 Å². The fourth-order valence-corrected chi connectivity index (χ4v) is 3.43. The van der Waals surface area contributed by atoms with Crippen molar-refractivity contribution in [1.29, 1.82) is 0 Å². The van der Waals surface area contributed by atoms with Crippen LogP contribution < -0.4 is 10.1 Å². The molecule has 0 saturated carbocycles. The van der Waals surface area contributed by atoms with Crippen LogP contribution in [0.2, 0.25) is 0 Å². The number of benzene rings is 2. The molecule has 2 aromatic carbocycles. The van der Waals surface area contributed by atoms with Crippen molar-refractivity contribution in [3.05, 3.63) is 54.1 Å². The largest absolute Gasteiger partial charge is 0.484 e. The molecule has 0 saturated heterocycles. The Labute approximate surface area is 155 Å². The summed E-state index contributed by atoms with van der Waals surface area (Å²) in [4.78, 5) is 12.3. The van der Waals surface area contributed by atoms with Gasteiger partial charge < -0.3 is 10.1 Å². The van der Waals surface area contributed by atoms with Gasteiger partial charge in [-0.2, -0.15) is 0 Å². The minimum Gasteiger partial charge on any atom is -0.484 e. The van der Waals surface area contributed by atoms with E-state index in [1.165, 1.54) is 11.6 Å². The molecule has 140 valence electrons. The highest BCUT2D eigenvalue weighted by Gasteiger charge is 2.18. The van der Waals surface area contributed by atoms with E-state index in [1.54, 1.807) is 25.1 Å². The van der Waals surface area contributed by atoms with Crippen molar-refractivity contribution in [2.75, 3.05) is 17.7 Å². The average molecular weight is 375 g/mol. The molecule has 0 unspecified atom stereocenters. The van der Waals surface area contributed by atoms with Gasteiger partial charge in [0.05, 0.1) is 16.3 Å². The van der Waals surface area contributed by atoms with Gasteiger partial charge in [-0.3, -0.25) is 4.79 Å². The summed E-state index contributed by atoms with van der Waals surface area (Å²) in [5.74, 6) is 0.141. The van der Waals surface area contributed by atoms with Gasteiger partial charge in [0.1, 0.15) is 5.75 Å². The van der Waals surface area contributed by atoms with Crippen LogP contribution in [0.4, 0.5) is 5.69 Å². The third-order valence-corrected chi connectivity index (χ3v) is 5.75. The zero-order valence-electron chi connectivity index (χ0n) is 15.6. The minimum atomic E-state index is -3.42. The topological polar surface area (TPSA) is 72.5 Å². The Morgan fingerprint density at radius 3 is 2.23 bits per heavy atom. The monoisotopic (exact) mass is 375 g/mol. The van der Waals surface area contributed by atoms with E-state index < -0.39 is 15.7 Å². The molecule has 0 aromatic heterocycles. The van der Waals surface area contributed by atoms with Crippen LogP contribution >= 0.6 is 0 Å². The van der Waals surface area contributed by atoms with Gasteiger partial charge in [0.25, 0.3) is 5.91 Å². The molecule has 0 aliphatic carbocycles. The van der Waals surface area contributed by atoms with Crippen molar-refractivity contribution in [3.63, 3.8) is 0 Å². The fourth-order valence-electron chi connectivity index (χ4n) is 2.38. The Kier molecular flexibility index (Phi) is 6.08. The van der Waals surface area contributed by atoms with Gasteiger partial charge in [0, 0.05) is 0 Å². The van der Waals surface area contributed by atoms with Crippen LogP contribution in [0.15, 0.2) is 53.4 Å². The van der Waals surface area contributed by atoms with E-state index in [0.717, 1.165) is 0 Å². The van der Waals surface area contributed by atoms with Crippen molar-refractivity contribution >= 4 is 21.4 Å². The van der Waals surface area contributed by atoms with Crippen LogP contribution in [0.5, 0.6) is 5.75 Å². The highest BCUT2D eigenvalue weighted by molar-refractivity contribution is 7.91. The maximum absolute atomic E-state index is 12.1. The third-order valence-electron chi connectivity index (χ3n) is 3.97. The van der Waals surface area contributed by atoms with Gasteiger partial charge in [-0.15, -0.1) is 0 Å². The average Bonchev–Trinajstić information content (AvgIpc) is 2.60. The molecule has 0 bridgehead atoms. The number of carbonyl (C=O) groups excluding carboxylic acids is 1. The predicted octanol–water partition coefficient (Wildman–Crippen LogP) is 3.80. The molecule has 0 spiro atoms. The first-order valence-electron chi connectivity index (χ1n) is 8.48. The van der Waals surface area contributed by atoms with Crippen molar-refractivity contribution < 1.29 is 17.9 Å². The molecule has 0 heterocycles. The Hall–Kier alpha value is -2.34. The SMILES string of the molecule is CCS(=O)(=O)c1ccccc1NC(=O)COc1ccc(C(C)(C)C)cc1. The molecular weight excluding hydrogens is 350 g/mol. The van der Waals surface area contributed by atoms with Gasteiger partial charge >= 0.3 is 0 Å². The first-order chi connectivity index (χ1) is 12.1. The summed E-state index contributed by atoms with van der Waals surface area (Å²) in [5, 5.41) is 2.61.